The van der Waals surface area contributed by atoms with Crippen molar-refractivity contribution in [3.05, 3.63) is 69.1 Å². The van der Waals surface area contributed by atoms with E-state index >= 15 is 4.39 Å². The molecule has 272 valence electrons. The summed E-state index contributed by atoms with van der Waals surface area (Å²) in [6.45, 7) is 3.14. The summed E-state index contributed by atoms with van der Waals surface area (Å²) in [6.07, 6.45) is 14.5. The monoisotopic (exact) mass is 747 g/mol. The number of halogens is 3. The molecule has 3 fully saturated rings. The molecule has 12 heteroatoms. The van der Waals surface area contributed by atoms with Gasteiger partial charge in [-0.25, -0.2) is 17.5 Å². The third-order valence-corrected chi connectivity index (χ3v) is 12.4. The average molecular weight is 749 g/mol. The predicted octanol–water partition coefficient (Wildman–Crippen LogP) is 9.83. The van der Waals surface area contributed by atoms with Gasteiger partial charge in [0.1, 0.15) is 17.3 Å². The van der Waals surface area contributed by atoms with Crippen LogP contribution in [0.25, 0.3) is 11.3 Å². The second-order valence-corrected chi connectivity index (χ2v) is 16.9. The smallest absolute Gasteiger partial charge is 0.264 e. The van der Waals surface area contributed by atoms with Crippen molar-refractivity contribution in [1.82, 2.24) is 9.88 Å². The van der Waals surface area contributed by atoms with E-state index in [0.29, 0.717) is 52.5 Å². The highest BCUT2D eigenvalue weighted by atomic mass is 35.5. The van der Waals surface area contributed by atoms with Gasteiger partial charge < -0.3 is 14.2 Å². The average Bonchev–Trinajstić information content (AvgIpc) is 3.53. The van der Waals surface area contributed by atoms with Crippen LogP contribution < -0.4 is 9.62 Å². The zero-order chi connectivity index (χ0) is 35.3. The van der Waals surface area contributed by atoms with Crippen LogP contribution in [0.2, 0.25) is 10.0 Å². The number of hydrogen-bond acceptors (Lipinski definition) is 7. The molecule has 2 saturated carbocycles. The summed E-state index contributed by atoms with van der Waals surface area (Å²) < 4.78 is 55.0. The molecule has 2 bridgehead atoms. The molecule has 8 nitrogen and oxygen atoms in total. The van der Waals surface area contributed by atoms with E-state index in [2.05, 4.69) is 16.8 Å². The Kier molecular flexibility index (Phi) is 12.5. The molecule has 50 heavy (non-hydrogen) atoms. The number of aromatic nitrogens is 1. The highest BCUT2D eigenvalue weighted by Crippen LogP contribution is 2.47. The number of carbonyl (C=O) groups is 1. The number of ether oxygens (including phenoxy) is 1. The van der Waals surface area contributed by atoms with Gasteiger partial charge in [0.25, 0.3) is 5.91 Å². The molecule has 3 aliphatic rings. The summed E-state index contributed by atoms with van der Waals surface area (Å²) in [7, 11) is -3.81. The van der Waals surface area contributed by atoms with E-state index in [-0.39, 0.29) is 29.4 Å². The topological polar surface area (TPSA) is 102 Å². The van der Waals surface area contributed by atoms with Crippen LogP contribution in [0.1, 0.15) is 124 Å². The molecule has 3 atom stereocenters. The van der Waals surface area contributed by atoms with Gasteiger partial charge in [-0.3, -0.25) is 4.79 Å². The third kappa shape index (κ3) is 9.03. The van der Waals surface area contributed by atoms with Crippen LogP contribution in [0.3, 0.4) is 0 Å². The fourth-order valence-corrected chi connectivity index (χ4v) is 9.22. The van der Waals surface area contributed by atoms with Crippen molar-refractivity contribution >= 4 is 44.8 Å². The van der Waals surface area contributed by atoms with Crippen LogP contribution in [0.15, 0.2) is 40.9 Å². The summed E-state index contributed by atoms with van der Waals surface area (Å²) in [4.78, 5) is 14.8. The minimum Gasteiger partial charge on any atom is -0.373 e. The van der Waals surface area contributed by atoms with E-state index in [0.717, 1.165) is 62.3 Å². The van der Waals surface area contributed by atoms with Crippen molar-refractivity contribution in [3.63, 3.8) is 0 Å². The SMILES string of the molecule is CCCCCCCCCCCCS(=O)(=O)NC(=O)c1ccc(N2C[C@@H]3C[C@H]2C[C@H]3OCc2c(-c3c(Cl)cccc3Cl)noc2C2CC2)c(F)c1. The van der Waals surface area contributed by atoms with Crippen molar-refractivity contribution in [3.8, 4) is 11.3 Å². The summed E-state index contributed by atoms with van der Waals surface area (Å²) in [5.41, 5.74) is 2.53. The van der Waals surface area contributed by atoms with Crippen LogP contribution in [-0.4, -0.2) is 43.9 Å². The van der Waals surface area contributed by atoms with Gasteiger partial charge >= 0.3 is 0 Å². The van der Waals surface area contributed by atoms with E-state index in [1.54, 1.807) is 24.3 Å². The number of amides is 1. The van der Waals surface area contributed by atoms with Crippen LogP contribution >= 0.6 is 23.2 Å². The molecule has 1 N–H and O–H groups in total. The van der Waals surface area contributed by atoms with Gasteiger partial charge in [-0.05, 0) is 62.4 Å². The molecule has 1 amide bonds. The first kappa shape index (κ1) is 37.1. The molecule has 2 aromatic carbocycles. The van der Waals surface area contributed by atoms with E-state index in [1.165, 1.54) is 44.6 Å². The maximum atomic E-state index is 15.4. The quantitative estimate of drug-likeness (QED) is 0.122. The second kappa shape index (κ2) is 16.8. The van der Waals surface area contributed by atoms with Crippen LogP contribution in [0.4, 0.5) is 10.1 Å². The molecule has 0 radical (unpaired) electrons. The second-order valence-electron chi connectivity index (χ2n) is 14.2. The number of piperidine rings is 1. The predicted molar refractivity (Wildman–Crippen MR) is 196 cm³/mol. The van der Waals surface area contributed by atoms with Gasteiger partial charge in [0, 0.05) is 41.1 Å². The molecule has 3 aromatic rings. The summed E-state index contributed by atoms with van der Waals surface area (Å²) >= 11 is 13.0. The Labute approximate surface area is 305 Å². The third-order valence-electron chi connectivity index (χ3n) is 10.4. The molecule has 2 heterocycles. The zero-order valence-corrected chi connectivity index (χ0v) is 31.1. The summed E-state index contributed by atoms with van der Waals surface area (Å²) in [5.74, 6) is -0.118. The lowest BCUT2D eigenvalue weighted by Gasteiger charge is -2.33. The minimum absolute atomic E-state index is 0.0124. The van der Waals surface area contributed by atoms with Crippen LogP contribution in [0, 0.1) is 11.7 Å². The van der Waals surface area contributed by atoms with E-state index in [1.807, 2.05) is 4.90 Å². The normalized spacial score (nSPS) is 20.2. The van der Waals surface area contributed by atoms with Crippen molar-refractivity contribution in [1.29, 1.82) is 0 Å². The molecule has 2 aliphatic carbocycles. The van der Waals surface area contributed by atoms with Gasteiger partial charge in [0.2, 0.25) is 10.0 Å². The van der Waals surface area contributed by atoms with Crippen LogP contribution in [0.5, 0.6) is 0 Å². The lowest BCUT2D eigenvalue weighted by atomic mass is 10.0. The molecule has 0 unspecified atom stereocenters. The first-order chi connectivity index (χ1) is 24.1. The Morgan fingerprint density at radius 2 is 1.68 bits per heavy atom. The first-order valence-corrected chi connectivity index (χ1v) is 20.7. The van der Waals surface area contributed by atoms with E-state index in [4.69, 9.17) is 32.5 Å². The number of benzene rings is 2. The maximum Gasteiger partial charge on any atom is 0.264 e. The fraction of sp³-hybridized carbons (Fsp3) is 0.579. The highest BCUT2D eigenvalue weighted by Gasteiger charge is 2.46. The van der Waals surface area contributed by atoms with Gasteiger partial charge in [-0.2, -0.15) is 0 Å². The number of anilines is 1. The van der Waals surface area contributed by atoms with E-state index < -0.39 is 21.7 Å². The number of rotatable bonds is 19. The largest absolute Gasteiger partial charge is 0.373 e. The Balaban J connectivity index is 0.983. The Morgan fingerprint density at radius 1 is 1.00 bits per heavy atom. The van der Waals surface area contributed by atoms with Crippen molar-refractivity contribution < 1.29 is 26.9 Å². The summed E-state index contributed by atoms with van der Waals surface area (Å²) in [5, 5.41) is 5.36. The molecule has 6 rings (SSSR count). The first-order valence-electron chi connectivity index (χ1n) is 18.3. The number of nitrogens with zero attached hydrogens (tertiary/aromatic N) is 2. The number of fused-ring (bicyclic) bond motifs is 2. The van der Waals surface area contributed by atoms with Gasteiger partial charge in [0.05, 0.1) is 34.2 Å². The minimum atomic E-state index is -3.81. The molecular weight excluding hydrogens is 700 g/mol. The number of hydrogen-bond donors (Lipinski definition) is 1. The lowest BCUT2D eigenvalue weighted by Crippen LogP contribution is -2.39. The molecule has 0 spiro atoms. The van der Waals surface area contributed by atoms with Crippen molar-refractivity contribution in [2.24, 2.45) is 5.92 Å². The zero-order valence-electron chi connectivity index (χ0n) is 28.8. The number of nitrogens with one attached hydrogen (secondary N) is 1. The molecule has 1 saturated heterocycles. The lowest BCUT2D eigenvalue weighted by molar-refractivity contribution is 0.0122. The van der Waals surface area contributed by atoms with Gasteiger partial charge in [0.15, 0.2) is 0 Å². The Bertz CT molecular complexity index is 1730. The molecule has 1 aromatic heterocycles. The maximum absolute atomic E-state index is 15.4. The standard InChI is InChI=1S/C38H48Cl2FN3O5S/c1-2-3-4-5-6-7-8-9-10-11-19-50(46,47)43-38(45)26-17-18-33(32(41)21-26)44-23-27-20-28(44)22-34(27)48-24-29-36(42-49-37(29)25-15-16-25)35-30(39)13-12-14-31(35)40/h12-14,17-18,21,25,27-28,34H,2-11,15-16,19-20,22-24H2,1H3,(H,43,45)/t27-,28-,34+/m0/s1. The van der Waals surface area contributed by atoms with Gasteiger partial charge in [-0.1, -0.05) is 99.1 Å². The van der Waals surface area contributed by atoms with E-state index in [9.17, 15) is 13.2 Å². The Morgan fingerprint density at radius 3 is 2.30 bits per heavy atom. The van der Waals surface area contributed by atoms with Crippen molar-refractivity contribution in [2.45, 2.75) is 121 Å². The number of sulfonamides is 1. The Hall–Kier alpha value is -2.66. The van der Waals surface area contributed by atoms with Gasteiger partial charge in [-0.15, -0.1) is 0 Å². The highest BCUT2D eigenvalue weighted by molar-refractivity contribution is 7.90. The molecular formula is C38H48Cl2FN3O5S. The summed E-state index contributed by atoms with van der Waals surface area (Å²) in [6, 6.07) is 9.65. The van der Waals surface area contributed by atoms with Crippen molar-refractivity contribution in [2.75, 3.05) is 17.2 Å². The number of unbranched alkanes of at least 4 members (excludes halogenated alkanes) is 9. The molecule has 1 aliphatic heterocycles. The van der Waals surface area contributed by atoms with Crippen LogP contribution in [-0.2, 0) is 21.4 Å². The fourth-order valence-electron chi connectivity index (χ4n) is 7.56. The number of carbonyl (C=O) groups excluding carboxylic acids is 1.